The number of amides is 3. The highest BCUT2D eigenvalue weighted by Crippen LogP contribution is 2.37. The standard InChI is InChI=1S/C37H27Cl2N3O5S/c38-26-13-7-8-23(20-26)21-32(42-34(43)25-11-5-2-6-12-25)35(44)40-27-14-17-29(18-15-27)48-33(24-9-3-1-4-10-24)36(45)41-28-16-19-31(39)30(22-28)37(46)47/h1-22,33H,(H,40,44)(H,41,45)(H,42,43)(H,46,47)/b32-21-. The van der Waals surface area contributed by atoms with Gasteiger partial charge in [-0.3, -0.25) is 14.4 Å². The van der Waals surface area contributed by atoms with Crippen molar-refractivity contribution in [1.29, 1.82) is 0 Å². The van der Waals surface area contributed by atoms with Crippen LogP contribution >= 0.6 is 35.0 Å². The minimum atomic E-state index is -1.21. The third-order valence-electron chi connectivity index (χ3n) is 6.86. The van der Waals surface area contributed by atoms with E-state index in [0.717, 1.165) is 10.5 Å². The van der Waals surface area contributed by atoms with Crippen molar-refractivity contribution >= 4 is 76.1 Å². The highest BCUT2D eigenvalue weighted by molar-refractivity contribution is 8.00. The van der Waals surface area contributed by atoms with Crippen LogP contribution in [-0.2, 0) is 9.59 Å². The fraction of sp³-hybridized carbons (Fsp3) is 0.0270. The monoisotopic (exact) mass is 695 g/mol. The van der Waals surface area contributed by atoms with Crippen molar-refractivity contribution in [2.24, 2.45) is 0 Å². The molecular formula is C37H27Cl2N3O5S. The second-order valence-corrected chi connectivity index (χ2v) is 12.3. The molecule has 3 amide bonds. The van der Waals surface area contributed by atoms with Crippen molar-refractivity contribution < 1.29 is 24.3 Å². The molecule has 11 heteroatoms. The number of carboxylic acids is 1. The van der Waals surface area contributed by atoms with Gasteiger partial charge in [-0.2, -0.15) is 0 Å². The predicted molar refractivity (Wildman–Crippen MR) is 190 cm³/mol. The molecule has 0 spiro atoms. The van der Waals surface area contributed by atoms with E-state index in [2.05, 4.69) is 16.0 Å². The van der Waals surface area contributed by atoms with Crippen LogP contribution in [0.3, 0.4) is 0 Å². The van der Waals surface area contributed by atoms with E-state index in [0.29, 0.717) is 27.5 Å². The number of carboxylic acid groups (broad SMARTS) is 1. The summed E-state index contributed by atoms with van der Waals surface area (Å²) in [5.74, 6) is -2.58. The van der Waals surface area contributed by atoms with Crippen LogP contribution < -0.4 is 16.0 Å². The number of anilines is 2. The maximum absolute atomic E-state index is 13.5. The van der Waals surface area contributed by atoms with Gasteiger partial charge in [0, 0.05) is 26.9 Å². The summed E-state index contributed by atoms with van der Waals surface area (Å²) in [6.07, 6.45) is 1.54. The van der Waals surface area contributed by atoms with Crippen molar-refractivity contribution in [3.8, 4) is 0 Å². The van der Waals surface area contributed by atoms with Crippen LogP contribution in [0.1, 0.15) is 37.1 Å². The first-order valence-electron chi connectivity index (χ1n) is 14.5. The molecule has 48 heavy (non-hydrogen) atoms. The Labute approximate surface area is 290 Å². The lowest BCUT2D eigenvalue weighted by Crippen LogP contribution is -2.30. The Morgan fingerprint density at radius 3 is 2.04 bits per heavy atom. The number of rotatable bonds is 11. The van der Waals surface area contributed by atoms with Crippen LogP contribution in [0, 0.1) is 0 Å². The smallest absolute Gasteiger partial charge is 0.337 e. The molecular weight excluding hydrogens is 669 g/mol. The predicted octanol–water partition coefficient (Wildman–Crippen LogP) is 8.57. The third kappa shape index (κ3) is 9.13. The molecule has 0 saturated heterocycles. The third-order valence-corrected chi connectivity index (χ3v) is 8.69. The summed E-state index contributed by atoms with van der Waals surface area (Å²) in [7, 11) is 0. The molecule has 0 aliphatic rings. The van der Waals surface area contributed by atoms with Crippen LogP contribution in [0.25, 0.3) is 6.08 Å². The SMILES string of the molecule is O=C(Nc1ccc(SC(C(=O)Nc2ccc(Cl)c(C(=O)O)c2)c2ccccc2)cc1)/C(=C/c1cccc(Cl)c1)NC(=O)c1ccccc1. The van der Waals surface area contributed by atoms with Gasteiger partial charge >= 0.3 is 5.97 Å². The highest BCUT2D eigenvalue weighted by Gasteiger charge is 2.23. The maximum atomic E-state index is 13.5. The fourth-order valence-corrected chi connectivity index (χ4v) is 5.95. The number of carbonyl (C=O) groups excluding carboxylic acids is 3. The number of hydrogen-bond donors (Lipinski definition) is 4. The molecule has 0 bridgehead atoms. The van der Waals surface area contributed by atoms with E-state index in [1.165, 1.54) is 36.0 Å². The lowest BCUT2D eigenvalue weighted by Gasteiger charge is -2.18. The summed E-state index contributed by atoms with van der Waals surface area (Å²) in [4.78, 5) is 52.2. The quantitative estimate of drug-likeness (QED) is 0.0811. The topological polar surface area (TPSA) is 125 Å². The Balaban J connectivity index is 1.33. The summed E-state index contributed by atoms with van der Waals surface area (Å²) in [5.41, 5.74) is 2.38. The Bertz CT molecular complexity index is 1990. The fourth-order valence-electron chi connectivity index (χ4n) is 4.53. The van der Waals surface area contributed by atoms with Crippen LogP contribution in [0.5, 0.6) is 0 Å². The number of nitrogens with one attached hydrogen (secondary N) is 3. The normalized spacial score (nSPS) is 11.7. The Morgan fingerprint density at radius 1 is 0.708 bits per heavy atom. The number of aromatic carboxylic acids is 1. The van der Waals surface area contributed by atoms with Gasteiger partial charge in [0.05, 0.1) is 10.6 Å². The summed E-state index contributed by atoms with van der Waals surface area (Å²) < 4.78 is 0. The molecule has 0 aromatic heterocycles. The van der Waals surface area contributed by atoms with E-state index in [4.69, 9.17) is 23.2 Å². The minimum absolute atomic E-state index is 0.0126. The number of benzene rings is 5. The van der Waals surface area contributed by atoms with Gasteiger partial charge in [-0.25, -0.2) is 4.79 Å². The van der Waals surface area contributed by atoms with Crippen molar-refractivity contribution in [2.45, 2.75) is 10.1 Å². The molecule has 0 aliphatic heterocycles. The van der Waals surface area contributed by atoms with Gasteiger partial charge in [0.25, 0.3) is 11.8 Å². The molecule has 0 aliphatic carbocycles. The average molecular weight is 697 g/mol. The van der Waals surface area contributed by atoms with Gasteiger partial charge in [-0.15, -0.1) is 11.8 Å². The first-order chi connectivity index (χ1) is 23.2. The van der Waals surface area contributed by atoms with Gasteiger partial charge < -0.3 is 21.1 Å². The summed E-state index contributed by atoms with van der Waals surface area (Å²) >= 11 is 13.4. The van der Waals surface area contributed by atoms with Crippen LogP contribution in [-0.4, -0.2) is 28.8 Å². The summed E-state index contributed by atoms with van der Waals surface area (Å²) in [6.45, 7) is 0. The van der Waals surface area contributed by atoms with Crippen molar-refractivity contribution in [2.75, 3.05) is 10.6 Å². The average Bonchev–Trinajstić information content (AvgIpc) is 3.09. The zero-order chi connectivity index (χ0) is 34.0. The molecule has 1 unspecified atom stereocenters. The van der Waals surface area contributed by atoms with Crippen LogP contribution in [0.15, 0.2) is 138 Å². The lowest BCUT2D eigenvalue weighted by molar-refractivity contribution is -0.116. The summed E-state index contributed by atoms with van der Waals surface area (Å²) in [5, 5.41) is 17.6. The number of hydrogen-bond acceptors (Lipinski definition) is 5. The second kappa shape index (κ2) is 16.0. The van der Waals surface area contributed by atoms with E-state index in [9.17, 15) is 24.3 Å². The van der Waals surface area contributed by atoms with Gasteiger partial charge in [0.15, 0.2) is 0 Å². The molecule has 4 N–H and O–H groups in total. The highest BCUT2D eigenvalue weighted by atomic mass is 35.5. The van der Waals surface area contributed by atoms with Crippen LogP contribution in [0.2, 0.25) is 10.0 Å². The molecule has 0 saturated carbocycles. The lowest BCUT2D eigenvalue weighted by atomic mass is 10.1. The molecule has 1 atom stereocenters. The first-order valence-corrected chi connectivity index (χ1v) is 16.1. The number of halogens is 2. The van der Waals surface area contributed by atoms with Crippen molar-refractivity contribution in [3.63, 3.8) is 0 Å². The van der Waals surface area contributed by atoms with E-state index < -0.39 is 23.0 Å². The molecule has 5 rings (SSSR count). The van der Waals surface area contributed by atoms with E-state index in [1.54, 1.807) is 78.9 Å². The van der Waals surface area contributed by atoms with E-state index in [1.807, 2.05) is 30.3 Å². The van der Waals surface area contributed by atoms with Gasteiger partial charge in [0.1, 0.15) is 10.9 Å². The van der Waals surface area contributed by atoms with Crippen LogP contribution in [0.4, 0.5) is 11.4 Å². The minimum Gasteiger partial charge on any atom is -0.478 e. The molecule has 0 radical (unpaired) electrons. The molecule has 5 aromatic rings. The first kappa shape index (κ1) is 34.0. The largest absolute Gasteiger partial charge is 0.478 e. The number of thioether (sulfide) groups is 1. The Morgan fingerprint density at radius 2 is 1.38 bits per heavy atom. The second-order valence-electron chi connectivity index (χ2n) is 10.3. The maximum Gasteiger partial charge on any atom is 0.337 e. The van der Waals surface area contributed by atoms with E-state index >= 15 is 0 Å². The van der Waals surface area contributed by atoms with Gasteiger partial charge in [0.2, 0.25) is 5.91 Å². The van der Waals surface area contributed by atoms with E-state index in [-0.39, 0.29) is 22.2 Å². The van der Waals surface area contributed by atoms with Crippen molar-refractivity contribution in [1.82, 2.24) is 5.32 Å². The molecule has 0 fully saturated rings. The Hall–Kier alpha value is -5.35. The number of carbonyl (C=O) groups is 4. The molecule has 8 nitrogen and oxygen atoms in total. The molecule has 0 heterocycles. The van der Waals surface area contributed by atoms with Gasteiger partial charge in [-0.1, -0.05) is 83.9 Å². The zero-order valence-electron chi connectivity index (χ0n) is 25.0. The molecule has 240 valence electrons. The van der Waals surface area contributed by atoms with Gasteiger partial charge in [-0.05, 0) is 83.9 Å². The molecule has 5 aromatic carbocycles. The summed E-state index contributed by atoms with van der Waals surface area (Å²) in [6, 6.07) is 35.7. The zero-order valence-corrected chi connectivity index (χ0v) is 27.4. The van der Waals surface area contributed by atoms with Crippen molar-refractivity contribution in [3.05, 3.63) is 165 Å². The Kier molecular flexibility index (Phi) is 11.3.